The van der Waals surface area contributed by atoms with E-state index >= 15 is 0 Å². The van der Waals surface area contributed by atoms with Gasteiger partial charge in [-0.05, 0) is 44.2 Å². The lowest BCUT2D eigenvalue weighted by Gasteiger charge is -2.14. The number of hydrogen-bond donors (Lipinski definition) is 2. The lowest BCUT2D eigenvalue weighted by atomic mass is 10.1. The van der Waals surface area contributed by atoms with Crippen molar-refractivity contribution in [3.05, 3.63) is 63.7 Å². The fourth-order valence-corrected chi connectivity index (χ4v) is 2.81. The van der Waals surface area contributed by atoms with Gasteiger partial charge in [0.25, 0.3) is 11.6 Å². The Hall–Kier alpha value is -3.31. The predicted octanol–water partition coefficient (Wildman–Crippen LogP) is 1.73. The third kappa shape index (κ3) is 4.90. The molecule has 28 heavy (non-hydrogen) atoms. The molecule has 2 aromatic carbocycles. The molecule has 0 bridgehead atoms. The molecule has 0 saturated heterocycles. The summed E-state index contributed by atoms with van der Waals surface area (Å²) in [4.78, 5) is 34.7. The minimum absolute atomic E-state index is 0.0219. The van der Waals surface area contributed by atoms with Crippen LogP contribution in [0, 0.1) is 17.0 Å². The number of nitrogens with one attached hydrogen (secondary N) is 1. The van der Waals surface area contributed by atoms with Gasteiger partial charge in [-0.25, -0.2) is 18.4 Å². The van der Waals surface area contributed by atoms with E-state index in [4.69, 9.17) is 9.88 Å². The first-order valence-corrected chi connectivity index (χ1v) is 9.44. The average molecular weight is 407 g/mol. The van der Waals surface area contributed by atoms with Crippen LogP contribution in [-0.4, -0.2) is 31.3 Å². The van der Waals surface area contributed by atoms with Crippen molar-refractivity contribution in [2.45, 2.75) is 24.8 Å². The molecular formula is C17H17N3O7S. The number of amides is 1. The van der Waals surface area contributed by atoms with Crippen LogP contribution in [0.15, 0.2) is 47.4 Å². The molecule has 0 unspecified atom stereocenters. The lowest BCUT2D eigenvalue weighted by molar-refractivity contribution is -0.385. The Morgan fingerprint density at radius 3 is 2.32 bits per heavy atom. The van der Waals surface area contributed by atoms with Crippen LogP contribution in [-0.2, 0) is 19.6 Å². The van der Waals surface area contributed by atoms with Crippen LogP contribution in [0.5, 0.6) is 0 Å². The fraction of sp³-hybridized carbons (Fsp3) is 0.176. The van der Waals surface area contributed by atoms with Crippen LogP contribution in [0.4, 0.5) is 11.4 Å². The van der Waals surface area contributed by atoms with Crippen molar-refractivity contribution >= 4 is 33.3 Å². The fourth-order valence-electron chi connectivity index (χ4n) is 2.29. The zero-order valence-corrected chi connectivity index (χ0v) is 15.7. The van der Waals surface area contributed by atoms with E-state index in [0.717, 1.165) is 0 Å². The summed E-state index contributed by atoms with van der Waals surface area (Å²) in [6.45, 7) is 2.74. The van der Waals surface area contributed by atoms with E-state index in [1.54, 1.807) is 0 Å². The minimum atomic E-state index is -3.85. The third-order valence-corrected chi connectivity index (χ3v) is 4.75. The first-order chi connectivity index (χ1) is 13.0. The number of nitrogens with zero attached hydrogens (tertiary/aromatic N) is 1. The molecule has 0 aliphatic heterocycles. The number of anilines is 1. The van der Waals surface area contributed by atoms with E-state index in [1.807, 2.05) is 0 Å². The highest BCUT2D eigenvalue weighted by molar-refractivity contribution is 7.89. The minimum Gasteiger partial charge on any atom is -0.449 e. The van der Waals surface area contributed by atoms with Crippen LogP contribution in [0.3, 0.4) is 0 Å². The Labute approximate surface area is 160 Å². The van der Waals surface area contributed by atoms with Gasteiger partial charge in [0.15, 0.2) is 6.10 Å². The molecule has 3 N–H and O–H groups in total. The summed E-state index contributed by atoms with van der Waals surface area (Å²) in [6, 6.07) is 9.06. The number of hydrogen-bond acceptors (Lipinski definition) is 7. The number of rotatable bonds is 6. The second kappa shape index (κ2) is 8.15. The van der Waals surface area contributed by atoms with Crippen LogP contribution >= 0.6 is 0 Å². The van der Waals surface area contributed by atoms with E-state index in [2.05, 4.69) is 5.32 Å². The number of carbonyl (C=O) groups is 2. The summed E-state index contributed by atoms with van der Waals surface area (Å²) in [5.74, 6) is -1.55. The standard InChI is InChI=1S/C17H17N3O7S/c1-10-14(4-3-5-15(10)20(23)24)17(22)27-11(2)16(21)19-12-6-8-13(9-7-12)28(18,25)26/h3-9,11H,1-2H3,(H,19,21)(H2,18,25,26)/t11-/m1/s1. The van der Waals surface area contributed by atoms with Crippen LogP contribution < -0.4 is 10.5 Å². The van der Waals surface area contributed by atoms with E-state index in [9.17, 15) is 28.1 Å². The van der Waals surface area contributed by atoms with Gasteiger partial charge in [-0.1, -0.05) is 6.07 Å². The van der Waals surface area contributed by atoms with E-state index in [1.165, 1.54) is 56.3 Å². The van der Waals surface area contributed by atoms with Gasteiger partial charge < -0.3 is 10.1 Å². The van der Waals surface area contributed by atoms with Gasteiger partial charge in [0.2, 0.25) is 10.0 Å². The monoisotopic (exact) mass is 407 g/mol. The molecule has 0 fully saturated rings. The van der Waals surface area contributed by atoms with Crippen LogP contribution in [0.1, 0.15) is 22.8 Å². The maximum atomic E-state index is 12.3. The number of sulfonamides is 1. The molecule has 0 radical (unpaired) electrons. The van der Waals surface area contributed by atoms with Crippen molar-refractivity contribution in [1.29, 1.82) is 0 Å². The largest absolute Gasteiger partial charge is 0.449 e. The summed E-state index contributed by atoms with van der Waals surface area (Å²) >= 11 is 0. The zero-order chi connectivity index (χ0) is 21.1. The van der Waals surface area contributed by atoms with Gasteiger partial charge in [0.05, 0.1) is 15.4 Å². The molecule has 10 nitrogen and oxygen atoms in total. The first kappa shape index (κ1) is 21.0. The molecule has 148 valence electrons. The first-order valence-electron chi connectivity index (χ1n) is 7.89. The molecule has 0 heterocycles. The van der Waals surface area contributed by atoms with Crippen molar-refractivity contribution in [2.75, 3.05) is 5.32 Å². The Morgan fingerprint density at radius 1 is 1.18 bits per heavy atom. The lowest BCUT2D eigenvalue weighted by Crippen LogP contribution is -2.30. The van der Waals surface area contributed by atoms with Crippen molar-refractivity contribution in [2.24, 2.45) is 5.14 Å². The van der Waals surface area contributed by atoms with Gasteiger partial charge in [0.1, 0.15) is 0 Å². The molecule has 0 aliphatic rings. The molecular weight excluding hydrogens is 390 g/mol. The van der Waals surface area contributed by atoms with Gasteiger partial charge in [-0.2, -0.15) is 0 Å². The summed E-state index contributed by atoms with van der Waals surface area (Å²) in [6.07, 6.45) is -1.20. The van der Waals surface area contributed by atoms with Crippen LogP contribution in [0.2, 0.25) is 0 Å². The quantitative estimate of drug-likeness (QED) is 0.419. The number of carbonyl (C=O) groups excluding carboxylic acids is 2. The van der Waals surface area contributed by atoms with Crippen LogP contribution in [0.25, 0.3) is 0 Å². The Morgan fingerprint density at radius 2 is 1.79 bits per heavy atom. The molecule has 1 amide bonds. The Bertz CT molecular complexity index is 1030. The number of benzene rings is 2. The van der Waals surface area contributed by atoms with Crippen molar-refractivity contribution < 1.29 is 27.7 Å². The van der Waals surface area contributed by atoms with Gasteiger partial charge in [-0.3, -0.25) is 14.9 Å². The number of nitrogens with two attached hydrogens (primary N) is 1. The second-order valence-corrected chi connectivity index (χ2v) is 7.37. The van der Waals surface area contributed by atoms with Crippen molar-refractivity contribution in [3.63, 3.8) is 0 Å². The molecule has 1 atom stereocenters. The zero-order valence-electron chi connectivity index (χ0n) is 14.9. The molecule has 2 rings (SSSR count). The highest BCUT2D eigenvalue weighted by Crippen LogP contribution is 2.22. The average Bonchev–Trinajstić information content (AvgIpc) is 2.61. The SMILES string of the molecule is Cc1c(C(=O)O[C@H](C)C(=O)Nc2ccc(S(N)(=O)=O)cc2)cccc1[N+](=O)[O-]. The summed E-state index contributed by atoms with van der Waals surface area (Å²) in [5.41, 5.74) is 0.142. The molecule has 0 aliphatic carbocycles. The predicted molar refractivity (Wildman–Crippen MR) is 99.2 cm³/mol. The summed E-state index contributed by atoms with van der Waals surface area (Å²) in [7, 11) is -3.85. The number of primary sulfonamides is 1. The van der Waals surface area contributed by atoms with Crippen molar-refractivity contribution in [1.82, 2.24) is 0 Å². The number of nitro groups is 1. The molecule has 0 saturated carbocycles. The van der Waals surface area contributed by atoms with Gasteiger partial charge >= 0.3 is 5.97 Å². The second-order valence-electron chi connectivity index (χ2n) is 5.81. The van der Waals surface area contributed by atoms with E-state index in [-0.39, 0.29) is 27.4 Å². The summed E-state index contributed by atoms with van der Waals surface area (Å²) < 4.78 is 27.5. The molecule has 11 heteroatoms. The number of nitro benzene ring substituents is 1. The van der Waals surface area contributed by atoms with Gasteiger partial charge in [-0.15, -0.1) is 0 Å². The normalized spacial score (nSPS) is 12.1. The highest BCUT2D eigenvalue weighted by Gasteiger charge is 2.23. The maximum Gasteiger partial charge on any atom is 0.339 e. The summed E-state index contributed by atoms with van der Waals surface area (Å²) in [5, 5.41) is 18.4. The van der Waals surface area contributed by atoms with Gasteiger partial charge in [0, 0.05) is 17.3 Å². The Kier molecular flexibility index (Phi) is 6.11. The highest BCUT2D eigenvalue weighted by atomic mass is 32.2. The third-order valence-electron chi connectivity index (χ3n) is 3.83. The van der Waals surface area contributed by atoms with E-state index < -0.39 is 32.9 Å². The maximum absolute atomic E-state index is 12.3. The van der Waals surface area contributed by atoms with Crippen molar-refractivity contribution in [3.8, 4) is 0 Å². The molecule has 0 spiro atoms. The van der Waals surface area contributed by atoms with E-state index in [0.29, 0.717) is 0 Å². The smallest absolute Gasteiger partial charge is 0.339 e. The topological polar surface area (TPSA) is 159 Å². The number of esters is 1. The Balaban J connectivity index is 2.07. The molecule has 0 aromatic heterocycles. The molecule has 2 aromatic rings. The number of ether oxygens (including phenoxy) is 1.